The molecule has 0 bridgehead atoms. The quantitative estimate of drug-likeness (QED) is 0.546. The van der Waals surface area contributed by atoms with Gasteiger partial charge in [-0.3, -0.25) is 10.1 Å². The number of sulfone groups is 1. The van der Waals surface area contributed by atoms with Gasteiger partial charge in [0, 0.05) is 24.2 Å². The first-order valence-electron chi connectivity index (χ1n) is 8.32. The number of aliphatic hydroxyl groups is 1. The van der Waals surface area contributed by atoms with E-state index in [2.05, 4.69) is 0 Å². The summed E-state index contributed by atoms with van der Waals surface area (Å²) < 4.78 is 30.9. The molecular weight excluding hydrogens is 370 g/mol. The van der Waals surface area contributed by atoms with Crippen LogP contribution in [0.4, 0.5) is 5.69 Å². The van der Waals surface area contributed by atoms with E-state index in [-0.39, 0.29) is 29.4 Å². The SMILES string of the molecule is COc1ccc(Cc2cc([N+](=O)[O-])ccc2S(=O)(=O)CC(C)(C)CO)cc1. The van der Waals surface area contributed by atoms with Gasteiger partial charge in [0.05, 0.1) is 22.7 Å². The van der Waals surface area contributed by atoms with Crippen molar-refractivity contribution in [2.24, 2.45) is 5.41 Å². The zero-order valence-electron chi connectivity index (χ0n) is 15.5. The minimum Gasteiger partial charge on any atom is -0.497 e. The fraction of sp³-hybridized carbons (Fsp3) is 0.368. The van der Waals surface area contributed by atoms with Crippen LogP contribution in [0.25, 0.3) is 0 Å². The number of methoxy groups -OCH3 is 1. The van der Waals surface area contributed by atoms with E-state index in [0.29, 0.717) is 11.3 Å². The third kappa shape index (κ3) is 5.27. The van der Waals surface area contributed by atoms with Crippen LogP contribution < -0.4 is 4.74 Å². The van der Waals surface area contributed by atoms with Crippen LogP contribution in [-0.2, 0) is 16.3 Å². The van der Waals surface area contributed by atoms with Gasteiger partial charge in [-0.1, -0.05) is 26.0 Å². The number of rotatable bonds is 8. The second kappa shape index (κ2) is 8.06. The van der Waals surface area contributed by atoms with Gasteiger partial charge in [-0.05, 0) is 35.7 Å². The number of benzene rings is 2. The van der Waals surface area contributed by atoms with Crippen molar-refractivity contribution in [3.05, 3.63) is 63.7 Å². The minimum absolute atomic E-state index is 0.0467. The Bertz CT molecular complexity index is 920. The molecule has 0 aliphatic carbocycles. The maximum absolute atomic E-state index is 12.9. The number of ether oxygens (including phenoxy) is 1. The molecular formula is C19H23NO6S. The molecule has 0 saturated carbocycles. The second-order valence-electron chi connectivity index (χ2n) is 7.16. The lowest BCUT2D eigenvalue weighted by atomic mass is 9.98. The van der Waals surface area contributed by atoms with E-state index in [0.717, 1.165) is 5.56 Å². The summed E-state index contributed by atoms with van der Waals surface area (Å²) in [5.74, 6) is 0.402. The van der Waals surface area contributed by atoms with Crippen LogP contribution in [-0.4, -0.2) is 37.9 Å². The van der Waals surface area contributed by atoms with Crippen molar-refractivity contribution in [2.45, 2.75) is 25.2 Å². The molecule has 2 aromatic rings. The van der Waals surface area contributed by atoms with E-state index in [1.54, 1.807) is 45.2 Å². The Kier molecular flexibility index (Phi) is 6.22. The third-order valence-corrected chi connectivity index (χ3v) is 6.38. The molecule has 8 heteroatoms. The van der Waals surface area contributed by atoms with Crippen LogP contribution in [0.5, 0.6) is 5.75 Å². The lowest BCUT2D eigenvalue weighted by molar-refractivity contribution is -0.385. The van der Waals surface area contributed by atoms with Gasteiger partial charge in [0.15, 0.2) is 9.84 Å². The summed E-state index contributed by atoms with van der Waals surface area (Å²) in [5, 5.41) is 20.5. The average Bonchev–Trinajstić information content (AvgIpc) is 2.61. The molecule has 0 aliphatic rings. The van der Waals surface area contributed by atoms with Crippen molar-refractivity contribution in [3.8, 4) is 5.75 Å². The Balaban J connectivity index is 2.49. The van der Waals surface area contributed by atoms with Crippen LogP contribution in [0.15, 0.2) is 47.4 Å². The molecule has 1 N–H and O–H groups in total. The van der Waals surface area contributed by atoms with Crippen LogP contribution in [0.1, 0.15) is 25.0 Å². The maximum Gasteiger partial charge on any atom is 0.269 e. The van der Waals surface area contributed by atoms with Gasteiger partial charge in [0.2, 0.25) is 0 Å². The van der Waals surface area contributed by atoms with Crippen molar-refractivity contribution >= 4 is 15.5 Å². The summed E-state index contributed by atoms with van der Waals surface area (Å²) in [6, 6.07) is 10.8. The molecule has 0 aliphatic heterocycles. The molecule has 146 valence electrons. The van der Waals surface area contributed by atoms with Crippen LogP contribution in [0, 0.1) is 15.5 Å². The van der Waals surface area contributed by atoms with Gasteiger partial charge in [-0.2, -0.15) is 0 Å². The number of hydrogen-bond acceptors (Lipinski definition) is 6. The minimum atomic E-state index is -3.74. The standard InChI is InChI=1S/C19H23NO6S/c1-19(2,12-21)13-27(24,25)18-9-6-16(20(22)23)11-15(18)10-14-4-7-17(26-3)8-5-14/h4-9,11,21H,10,12-13H2,1-3H3. The normalized spacial score (nSPS) is 12.0. The number of nitro groups is 1. The fourth-order valence-electron chi connectivity index (χ4n) is 2.72. The number of nitrogens with zero attached hydrogens (tertiary/aromatic N) is 1. The Hall–Kier alpha value is -2.45. The van der Waals surface area contributed by atoms with Crippen LogP contribution in [0.3, 0.4) is 0 Å². The molecule has 0 atom stereocenters. The molecule has 0 heterocycles. The number of aliphatic hydroxyl groups excluding tert-OH is 1. The molecule has 0 unspecified atom stereocenters. The summed E-state index contributed by atoms with van der Waals surface area (Å²) >= 11 is 0. The van der Waals surface area contributed by atoms with Gasteiger partial charge in [-0.25, -0.2) is 8.42 Å². The molecule has 0 spiro atoms. The van der Waals surface area contributed by atoms with Crippen molar-refractivity contribution in [1.82, 2.24) is 0 Å². The zero-order chi connectivity index (χ0) is 20.2. The van der Waals surface area contributed by atoms with E-state index in [1.807, 2.05) is 0 Å². The van der Waals surface area contributed by atoms with Gasteiger partial charge < -0.3 is 9.84 Å². The largest absolute Gasteiger partial charge is 0.497 e. The summed E-state index contributed by atoms with van der Waals surface area (Å²) in [5.41, 5.74) is 0.161. The van der Waals surface area contributed by atoms with Crippen LogP contribution >= 0.6 is 0 Å². The third-order valence-electron chi connectivity index (χ3n) is 4.15. The van der Waals surface area contributed by atoms with E-state index >= 15 is 0 Å². The van der Waals surface area contributed by atoms with E-state index < -0.39 is 20.2 Å². The molecule has 0 saturated heterocycles. The number of non-ortho nitro benzene ring substituents is 1. The maximum atomic E-state index is 12.9. The molecule has 0 amide bonds. The Morgan fingerprint density at radius 3 is 2.30 bits per heavy atom. The number of nitro benzene ring substituents is 1. The number of hydrogen-bond donors (Lipinski definition) is 1. The lowest BCUT2D eigenvalue weighted by Crippen LogP contribution is -2.28. The van der Waals surface area contributed by atoms with Crippen LogP contribution in [0.2, 0.25) is 0 Å². The zero-order valence-corrected chi connectivity index (χ0v) is 16.3. The Morgan fingerprint density at radius 2 is 1.78 bits per heavy atom. The highest BCUT2D eigenvalue weighted by molar-refractivity contribution is 7.91. The highest BCUT2D eigenvalue weighted by atomic mass is 32.2. The van der Waals surface area contributed by atoms with Gasteiger partial charge in [0.25, 0.3) is 5.69 Å². The predicted octanol–water partition coefficient (Wildman–Crippen LogP) is 2.99. The van der Waals surface area contributed by atoms with Gasteiger partial charge >= 0.3 is 0 Å². The molecule has 2 aromatic carbocycles. The fourth-order valence-corrected chi connectivity index (χ4v) is 4.80. The first-order chi connectivity index (χ1) is 12.6. The molecule has 27 heavy (non-hydrogen) atoms. The Labute approximate surface area is 158 Å². The molecule has 0 fully saturated rings. The highest BCUT2D eigenvalue weighted by Crippen LogP contribution is 2.29. The van der Waals surface area contributed by atoms with Crippen molar-refractivity contribution in [3.63, 3.8) is 0 Å². The molecule has 0 aromatic heterocycles. The Morgan fingerprint density at radius 1 is 1.15 bits per heavy atom. The summed E-state index contributed by atoms with van der Waals surface area (Å²) in [7, 11) is -2.20. The topological polar surface area (TPSA) is 107 Å². The highest BCUT2D eigenvalue weighted by Gasteiger charge is 2.29. The van der Waals surface area contributed by atoms with Gasteiger partial charge in [-0.15, -0.1) is 0 Å². The average molecular weight is 393 g/mol. The molecule has 2 rings (SSSR count). The second-order valence-corrected chi connectivity index (χ2v) is 9.11. The molecule has 0 radical (unpaired) electrons. The summed E-state index contributed by atoms with van der Waals surface area (Å²) in [6.07, 6.45) is 0.222. The van der Waals surface area contributed by atoms with Gasteiger partial charge in [0.1, 0.15) is 5.75 Å². The van der Waals surface area contributed by atoms with Crippen molar-refractivity contribution < 1.29 is 23.2 Å². The first-order valence-corrected chi connectivity index (χ1v) is 9.97. The van der Waals surface area contributed by atoms with Crippen molar-refractivity contribution in [2.75, 3.05) is 19.5 Å². The van der Waals surface area contributed by atoms with E-state index in [9.17, 15) is 23.6 Å². The smallest absolute Gasteiger partial charge is 0.269 e. The summed E-state index contributed by atoms with van der Waals surface area (Å²) in [6.45, 7) is 3.02. The van der Waals surface area contributed by atoms with Crippen molar-refractivity contribution in [1.29, 1.82) is 0 Å². The van der Waals surface area contributed by atoms with E-state index in [4.69, 9.17) is 4.74 Å². The predicted molar refractivity (Wildman–Crippen MR) is 102 cm³/mol. The first kappa shape index (κ1) is 20.9. The summed E-state index contributed by atoms with van der Waals surface area (Å²) in [4.78, 5) is 10.6. The monoisotopic (exact) mass is 393 g/mol. The van der Waals surface area contributed by atoms with E-state index in [1.165, 1.54) is 18.2 Å². The lowest BCUT2D eigenvalue weighted by Gasteiger charge is -2.22. The molecule has 7 nitrogen and oxygen atoms in total.